The van der Waals surface area contributed by atoms with Crippen LogP contribution in [0.4, 0.5) is 0 Å². The van der Waals surface area contributed by atoms with Crippen LogP contribution in [-0.2, 0) is 4.79 Å². The minimum Gasteiger partial charge on any atom is -0.335 e. The van der Waals surface area contributed by atoms with Crippen LogP contribution in [0.1, 0.15) is 27.2 Å². The molecule has 0 saturated carbocycles. The molecule has 1 aliphatic heterocycles. The number of thioether (sulfide) groups is 1. The smallest absolute Gasteiger partial charge is 0.259 e. The number of carbonyl (C=O) groups is 1. The molecule has 0 radical (unpaired) electrons. The zero-order valence-corrected chi connectivity index (χ0v) is 11.6. The van der Waals surface area contributed by atoms with Crippen molar-refractivity contribution in [3.8, 4) is 0 Å². The van der Waals surface area contributed by atoms with Gasteiger partial charge < -0.3 is 4.90 Å². The third-order valence-corrected chi connectivity index (χ3v) is 4.29. The summed E-state index contributed by atoms with van der Waals surface area (Å²) in [5.74, 6) is 0.803. The van der Waals surface area contributed by atoms with Crippen molar-refractivity contribution in [1.82, 2.24) is 4.90 Å². The minimum absolute atomic E-state index is 0.162. The highest BCUT2D eigenvalue weighted by molar-refractivity contribution is 8.00. The second-order valence-corrected chi connectivity index (χ2v) is 7.13. The third-order valence-electron chi connectivity index (χ3n) is 2.71. The third kappa shape index (κ3) is 3.18. The Hall–Kier alpha value is 0.400. The van der Waals surface area contributed by atoms with E-state index in [9.17, 15) is 4.79 Å². The fourth-order valence-corrected chi connectivity index (χ4v) is 3.38. The molecular weight excluding hydrogens is 253 g/mol. The van der Waals surface area contributed by atoms with Crippen LogP contribution in [0.2, 0.25) is 0 Å². The van der Waals surface area contributed by atoms with Crippen molar-refractivity contribution in [2.75, 3.05) is 12.3 Å². The monoisotopic (exact) mass is 269 g/mol. The van der Waals surface area contributed by atoms with Gasteiger partial charge in [-0.05, 0) is 13.3 Å². The van der Waals surface area contributed by atoms with E-state index in [2.05, 4.69) is 13.8 Å². The first-order valence-electron chi connectivity index (χ1n) is 5.18. The summed E-state index contributed by atoms with van der Waals surface area (Å²) in [7, 11) is 0. The van der Waals surface area contributed by atoms with E-state index in [4.69, 9.17) is 23.2 Å². The van der Waals surface area contributed by atoms with Crippen molar-refractivity contribution >= 4 is 40.9 Å². The van der Waals surface area contributed by atoms with Gasteiger partial charge in [-0.3, -0.25) is 4.79 Å². The maximum atomic E-state index is 12.0. The summed E-state index contributed by atoms with van der Waals surface area (Å²) in [6.45, 7) is 6.53. The summed E-state index contributed by atoms with van der Waals surface area (Å²) in [4.78, 5) is 13.8. The average Bonchev–Trinajstić information content (AvgIpc) is 2.14. The molecule has 1 amide bonds. The maximum Gasteiger partial charge on any atom is 0.259 e. The maximum absolute atomic E-state index is 12.0. The molecule has 5 heteroatoms. The highest BCUT2D eigenvalue weighted by atomic mass is 35.5. The van der Waals surface area contributed by atoms with Crippen molar-refractivity contribution in [2.45, 2.75) is 42.8 Å². The van der Waals surface area contributed by atoms with Crippen molar-refractivity contribution < 1.29 is 4.79 Å². The molecule has 1 rings (SSSR count). The van der Waals surface area contributed by atoms with Crippen molar-refractivity contribution in [1.29, 1.82) is 0 Å². The summed E-state index contributed by atoms with van der Waals surface area (Å²) in [5, 5.41) is 0.461. The molecule has 0 aromatic heterocycles. The summed E-state index contributed by atoms with van der Waals surface area (Å²) in [5.41, 5.74) is 0. The fourth-order valence-electron chi connectivity index (χ4n) is 1.92. The van der Waals surface area contributed by atoms with E-state index >= 15 is 0 Å². The van der Waals surface area contributed by atoms with Gasteiger partial charge in [-0.2, -0.15) is 11.8 Å². The summed E-state index contributed by atoms with van der Waals surface area (Å²) >= 11 is 13.6. The van der Waals surface area contributed by atoms with Gasteiger partial charge in [0.05, 0.1) is 0 Å². The second-order valence-electron chi connectivity index (χ2n) is 3.94. The Morgan fingerprint density at radius 3 is 2.67 bits per heavy atom. The Balaban J connectivity index is 2.78. The van der Waals surface area contributed by atoms with Gasteiger partial charge >= 0.3 is 0 Å². The molecule has 0 aromatic rings. The predicted octanol–water partition coefficient (Wildman–Crippen LogP) is 2.92. The van der Waals surface area contributed by atoms with Crippen LogP contribution in [0.15, 0.2) is 0 Å². The second kappa shape index (κ2) is 5.15. The van der Waals surface area contributed by atoms with E-state index in [0.29, 0.717) is 5.25 Å². The van der Waals surface area contributed by atoms with Crippen LogP contribution in [0.5, 0.6) is 0 Å². The Kier molecular flexibility index (Phi) is 4.63. The molecule has 0 aromatic carbocycles. The molecule has 0 spiro atoms. The summed E-state index contributed by atoms with van der Waals surface area (Å²) < 4.78 is -1.30. The minimum atomic E-state index is -1.30. The first-order chi connectivity index (χ1) is 6.88. The Bertz CT molecular complexity index is 242. The SMILES string of the molecule is CCC1C(C)SCCN1C(=O)C(C)(Cl)Cl. The normalized spacial score (nSPS) is 27.9. The summed E-state index contributed by atoms with van der Waals surface area (Å²) in [6, 6.07) is 0.257. The number of nitrogens with zero attached hydrogens (tertiary/aromatic N) is 1. The van der Waals surface area contributed by atoms with E-state index in [1.165, 1.54) is 6.92 Å². The van der Waals surface area contributed by atoms with E-state index < -0.39 is 4.33 Å². The highest BCUT2D eigenvalue weighted by Gasteiger charge is 2.38. The van der Waals surface area contributed by atoms with Crippen molar-refractivity contribution in [2.24, 2.45) is 0 Å². The lowest BCUT2D eigenvalue weighted by Gasteiger charge is -2.40. The Morgan fingerprint density at radius 2 is 2.20 bits per heavy atom. The lowest BCUT2D eigenvalue weighted by molar-refractivity contribution is -0.133. The van der Waals surface area contributed by atoms with E-state index in [1.54, 1.807) is 0 Å². The standard InChI is InChI=1S/C10H17Cl2NOS/c1-4-8-7(2)15-6-5-13(8)9(14)10(3,11)12/h7-8H,4-6H2,1-3H3. The number of hydrogen-bond donors (Lipinski definition) is 0. The zero-order chi connectivity index (χ0) is 11.6. The van der Waals surface area contributed by atoms with Gasteiger partial charge in [0.15, 0.2) is 4.33 Å². The van der Waals surface area contributed by atoms with Gasteiger partial charge in [-0.25, -0.2) is 0 Å². The molecule has 88 valence electrons. The number of rotatable bonds is 2. The number of carbonyl (C=O) groups excluding carboxylic acids is 1. The number of halogens is 2. The predicted molar refractivity (Wildman–Crippen MR) is 67.8 cm³/mol. The number of alkyl halides is 2. The molecule has 1 aliphatic rings. The Labute approximate surface area is 106 Å². The van der Waals surface area contributed by atoms with Gasteiger partial charge in [0, 0.05) is 23.6 Å². The first kappa shape index (κ1) is 13.5. The average molecular weight is 270 g/mol. The fraction of sp³-hybridized carbons (Fsp3) is 0.900. The summed E-state index contributed by atoms with van der Waals surface area (Å²) in [6.07, 6.45) is 0.948. The van der Waals surface area contributed by atoms with Gasteiger partial charge in [0.2, 0.25) is 0 Å². The molecule has 1 heterocycles. The molecule has 2 unspecified atom stereocenters. The van der Waals surface area contributed by atoms with Crippen LogP contribution < -0.4 is 0 Å². The quantitative estimate of drug-likeness (QED) is 0.719. The largest absolute Gasteiger partial charge is 0.335 e. The van der Waals surface area contributed by atoms with Crippen LogP contribution in [0, 0.1) is 0 Å². The lowest BCUT2D eigenvalue weighted by Crippen LogP contribution is -2.53. The van der Waals surface area contributed by atoms with Crippen molar-refractivity contribution in [3.05, 3.63) is 0 Å². The molecule has 0 aliphatic carbocycles. The van der Waals surface area contributed by atoms with Gasteiger partial charge in [0.25, 0.3) is 5.91 Å². The van der Waals surface area contributed by atoms with Crippen LogP contribution in [0.3, 0.4) is 0 Å². The van der Waals surface area contributed by atoms with E-state index in [1.807, 2.05) is 16.7 Å². The van der Waals surface area contributed by atoms with E-state index in [-0.39, 0.29) is 11.9 Å². The molecule has 0 bridgehead atoms. The van der Waals surface area contributed by atoms with Crippen LogP contribution >= 0.6 is 35.0 Å². The van der Waals surface area contributed by atoms with Crippen LogP contribution in [0.25, 0.3) is 0 Å². The zero-order valence-electron chi connectivity index (χ0n) is 9.30. The van der Waals surface area contributed by atoms with Gasteiger partial charge in [0.1, 0.15) is 0 Å². The van der Waals surface area contributed by atoms with Crippen molar-refractivity contribution in [3.63, 3.8) is 0 Å². The molecule has 1 saturated heterocycles. The van der Waals surface area contributed by atoms with Gasteiger partial charge in [-0.15, -0.1) is 0 Å². The molecule has 0 N–H and O–H groups in total. The number of amides is 1. The number of hydrogen-bond acceptors (Lipinski definition) is 2. The van der Waals surface area contributed by atoms with E-state index in [0.717, 1.165) is 18.7 Å². The molecule has 15 heavy (non-hydrogen) atoms. The highest BCUT2D eigenvalue weighted by Crippen LogP contribution is 2.31. The molecular formula is C10H17Cl2NOS. The molecule has 1 fully saturated rings. The molecule has 2 atom stereocenters. The van der Waals surface area contributed by atoms with Crippen LogP contribution in [-0.4, -0.2) is 38.7 Å². The van der Waals surface area contributed by atoms with Gasteiger partial charge in [-0.1, -0.05) is 37.0 Å². The Morgan fingerprint density at radius 1 is 1.60 bits per heavy atom. The lowest BCUT2D eigenvalue weighted by atomic mass is 10.1. The topological polar surface area (TPSA) is 20.3 Å². The molecule has 2 nitrogen and oxygen atoms in total. The first-order valence-corrected chi connectivity index (χ1v) is 6.99.